The molecule has 1 N–H and O–H groups in total. The lowest BCUT2D eigenvalue weighted by Crippen LogP contribution is -2.39. The Morgan fingerprint density at radius 3 is 2.65 bits per heavy atom. The van der Waals surface area contributed by atoms with E-state index < -0.39 is 9.84 Å². The van der Waals surface area contributed by atoms with E-state index in [1.807, 2.05) is 18.2 Å². The lowest BCUT2D eigenvalue weighted by Gasteiger charge is -2.32. The lowest BCUT2D eigenvalue weighted by molar-refractivity contribution is 0.190. The molecule has 128 valence electrons. The van der Waals surface area contributed by atoms with Crippen LogP contribution in [-0.4, -0.2) is 45.2 Å². The van der Waals surface area contributed by atoms with Gasteiger partial charge in [-0.1, -0.05) is 37.5 Å². The standard InChI is InChI=1S/C18H28N2O2S/c1-20(15-7-3-2-4-8-15)13-12-19-17-11-14-23(21,22)18-10-6-5-9-16(17)18/h5-6,9-10,15,17,19H,2-4,7-8,11-14H2,1H3. The van der Waals surface area contributed by atoms with Crippen molar-refractivity contribution in [3.63, 3.8) is 0 Å². The molecule has 1 aromatic carbocycles. The van der Waals surface area contributed by atoms with Gasteiger partial charge in [0.15, 0.2) is 9.84 Å². The van der Waals surface area contributed by atoms with Crippen molar-refractivity contribution in [2.45, 2.75) is 55.5 Å². The molecule has 23 heavy (non-hydrogen) atoms. The maximum absolute atomic E-state index is 12.2. The summed E-state index contributed by atoms with van der Waals surface area (Å²) in [7, 11) is -0.865. The molecule has 0 spiro atoms. The van der Waals surface area contributed by atoms with Crippen LogP contribution in [0.3, 0.4) is 0 Å². The van der Waals surface area contributed by atoms with E-state index >= 15 is 0 Å². The minimum absolute atomic E-state index is 0.162. The van der Waals surface area contributed by atoms with Crippen LogP contribution in [0.1, 0.15) is 50.1 Å². The first-order valence-corrected chi connectivity index (χ1v) is 10.5. The lowest BCUT2D eigenvalue weighted by atomic mass is 9.94. The van der Waals surface area contributed by atoms with Gasteiger partial charge in [0.2, 0.25) is 0 Å². The van der Waals surface area contributed by atoms with Gasteiger partial charge >= 0.3 is 0 Å². The van der Waals surface area contributed by atoms with Crippen molar-refractivity contribution in [2.75, 3.05) is 25.9 Å². The molecular weight excluding hydrogens is 308 g/mol. The summed E-state index contributed by atoms with van der Waals surface area (Å²) in [5.74, 6) is 0.250. The third-order valence-electron chi connectivity index (χ3n) is 5.36. The fourth-order valence-corrected chi connectivity index (χ4v) is 5.54. The fourth-order valence-electron chi connectivity index (χ4n) is 3.92. The van der Waals surface area contributed by atoms with Gasteiger partial charge in [-0.05, 0) is 37.9 Å². The second-order valence-corrected chi connectivity index (χ2v) is 9.00. The number of likely N-dealkylation sites (N-methyl/N-ethyl adjacent to an activating group) is 1. The van der Waals surface area contributed by atoms with Crippen molar-refractivity contribution in [1.29, 1.82) is 0 Å². The maximum Gasteiger partial charge on any atom is 0.178 e. The largest absolute Gasteiger partial charge is 0.309 e. The Morgan fingerprint density at radius 1 is 1.13 bits per heavy atom. The Bertz CT molecular complexity index is 624. The summed E-state index contributed by atoms with van der Waals surface area (Å²) >= 11 is 0. The SMILES string of the molecule is CN(CCNC1CCS(=O)(=O)c2ccccc21)C1CCCCC1. The third kappa shape index (κ3) is 3.95. The zero-order valence-electron chi connectivity index (χ0n) is 14.0. The molecule has 0 amide bonds. The van der Waals surface area contributed by atoms with Crippen molar-refractivity contribution in [1.82, 2.24) is 10.2 Å². The van der Waals surface area contributed by atoms with Crippen LogP contribution in [0.2, 0.25) is 0 Å². The van der Waals surface area contributed by atoms with Crippen LogP contribution >= 0.6 is 0 Å². The Balaban J connectivity index is 1.57. The molecule has 1 aliphatic carbocycles. The smallest absolute Gasteiger partial charge is 0.178 e. The Hall–Kier alpha value is -0.910. The quantitative estimate of drug-likeness (QED) is 0.898. The van der Waals surface area contributed by atoms with Crippen LogP contribution in [0, 0.1) is 0 Å². The van der Waals surface area contributed by atoms with Crippen molar-refractivity contribution in [3.05, 3.63) is 29.8 Å². The van der Waals surface area contributed by atoms with Crippen LogP contribution in [0.25, 0.3) is 0 Å². The second kappa shape index (κ2) is 7.32. The molecule has 0 bridgehead atoms. The molecule has 1 unspecified atom stereocenters. The van der Waals surface area contributed by atoms with Crippen LogP contribution in [0.4, 0.5) is 0 Å². The molecular formula is C18H28N2O2S. The zero-order chi connectivity index (χ0) is 16.3. The number of fused-ring (bicyclic) bond motifs is 1. The highest BCUT2D eigenvalue weighted by Crippen LogP contribution is 2.31. The molecule has 1 aromatic rings. The number of sulfone groups is 1. The van der Waals surface area contributed by atoms with E-state index in [-0.39, 0.29) is 11.8 Å². The molecule has 1 aliphatic heterocycles. The molecule has 2 aliphatic rings. The van der Waals surface area contributed by atoms with E-state index in [4.69, 9.17) is 0 Å². The van der Waals surface area contributed by atoms with Gasteiger partial charge in [0, 0.05) is 25.2 Å². The zero-order valence-corrected chi connectivity index (χ0v) is 14.8. The van der Waals surface area contributed by atoms with E-state index in [1.54, 1.807) is 6.07 Å². The highest BCUT2D eigenvalue weighted by Gasteiger charge is 2.29. The van der Waals surface area contributed by atoms with E-state index in [1.165, 1.54) is 32.1 Å². The molecule has 1 fully saturated rings. The molecule has 0 saturated heterocycles. The topological polar surface area (TPSA) is 49.4 Å². The highest BCUT2D eigenvalue weighted by atomic mass is 32.2. The van der Waals surface area contributed by atoms with Gasteiger partial charge in [0.1, 0.15) is 0 Å². The van der Waals surface area contributed by atoms with Crippen LogP contribution < -0.4 is 5.32 Å². The number of hydrogen-bond acceptors (Lipinski definition) is 4. The first kappa shape index (κ1) is 16.9. The molecule has 4 nitrogen and oxygen atoms in total. The summed E-state index contributed by atoms with van der Waals surface area (Å²) in [6.45, 7) is 1.93. The van der Waals surface area contributed by atoms with Crippen LogP contribution in [0.5, 0.6) is 0 Å². The second-order valence-electron chi connectivity index (χ2n) is 6.92. The molecule has 0 aromatic heterocycles. The van der Waals surface area contributed by atoms with Crippen molar-refractivity contribution in [3.8, 4) is 0 Å². The fraction of sp³-hybridized carbons (Fsp3) is 0.667. The van der Waals surface area contributed by atoms with Gasteiger partial charge in [-0.2, -0.15) is 0 Å². The molecule has 3 rings (SSSR count). The van der Waals surface area contributed by atoms with Gasteiger partial charge in [0.25, 0.3) is 0 Å². The van der Waals surface area contributed by atoms with Crippen LogP contribution in [-0.2, 0) is 9.84 Å². The van der Waals surface area contributed by atoms with E-state index in [9.17, 15) is 8.42 Å². The summed E-state index contributed by atoms with van der Waals surface area (Å²) in [5, 5.41) is 3.58. The number of nitrogens with zero attached hydrogens (tertiary/aromatic N) is 1. The van der Waals surface area contributed by atoms with Gasteiger partial charge in [0.05, 0.1) is 10.6 Å². The van der Waals surface area contributed by atoms with Gasteiger partial charge in [-0.3, -0.25) is 0 Å². The minimum Gasteiger partial charge on any atom is -0.309 e. The summed E-state index contributed by atoms with van der Waals surface area (Å²) in [4.78, 5) is 2.99. The van der Waals surface area contributed by atoms with Crippen molar-refractivity contribution < 1.29 is 8.42 Å². The summed E-state index contributed by atoms with van der Waals surface area (Å²) in [6.07, 6.45) is 7.41. The predicted octanol–water partition coefficient (Wildman–Crippen LogP) is 2.76. The average molecular weight is 337 g/mol. The van der Waals surface area contributed by atoms with E-state index in [0.717, 1.165) is 24.7 Å². The number of rotatable bonds is 5. The molecule has 0 radical (unpaired) electrons. The monoisotopic (exact) mass is 336 g/mol. The van der Waals surface area contributed by atoms with Crippen molar-refractivity contribution in [2.24, 2.45) is 0 Å². The average Bonchev–Trinajstić information content (AvgIpc) is 2.58. The molecule has 5 heteroatoms. The van der Waals surface area contributed by atoms with Crippen molar-refractivity contribution >= 4 is 9.84 Å². The Morgan fingerprint density at radius 2 is 1.87 bits per heavy atom. The minimum atomic E-state index is -3.08. The molecule has 1 atom stereocenters. The van der Waals surface area contributed by atoms with Gasteiger partial charge in [-0.25, -0.2) is 8.42 Å². The third-order valence-corrected chi connectivity index (χ3v) is 7.17. The van der Waals surface area contributed by atoms with E-state index in [2.05, 4.69) is 17.3 Å². The predicted molar refractivity (Wildman–Crippen MR) is 93.4 cm³/mol. The number of nitrogens with one attached hydrogen (secondary N) is 1. The number of hydrogen-bond donors (Lipinski definition) is 1. The number of benzene rings is 1. The summed E-state index contributed by atoms with van der Waals surface area (Å²) in [5.41, 5.74) is 0.944. The van der Waals surface area contributed by atoms with E-state index in [0.29, 0.717) is 11.3 Å². The first-order valence-electron chi connectivity index (χ1n) is 8.83. The molecule has 1 saturated carbocycles. The Kier molecular flexibility index (Phi) is 5.39. The summed E-state index contributed by atoms with van der Waals surface area (Å²) < 4.78 is 24.3. The molecule has 1 heterocycles. The first-order chi connectivity index (χ1) is 11.1. The maximum atomic E-state index is 12.2. The van der Waals surface area contributed by atoms with Crippen LogP contribution in [0.15, 0.2) is 29.2 Å². The normalized spacial score (nSPS) is 24.5. The van der Waals surface area contributed by atoms with Gasteiger partial charge < -0.3 is 10.2 Å². The van der Waals surface area contributed by atoms with Gasteiger partial charge in [-0.15, -0.1) is 0 Å². The highest BCUT2D eigenvalue weighted by molar-refractivity contribution is 7.91. The summed E-state index contributed by atoms with van der Waals surface area (Å²) in [6, 6.07) is 8.33. The Labute approximate surface area is 140 Å².